The van der Waals surface area contributed by atoms with Gasteiger partial charge in [0.2, 0.25) is 0 Å². The van der Waals surface area contributed by atoms with E-state index in [2.05, 4.69) is 4.99 Å². The summed E-state index contributed by atoms with van der Waals surface area (Å²) in [5.41, 5.74) is 2.49. The molecule has 0 aromatic heterocycles. The molecule has 0 atom stereocenters. The molecule has 3 nitrogen and oxygen atoms in total. The fourth-order valence-corrected chi connectivity index (χ4v) is 1.47. The van der Waals surface area contributed by atoms with E-state index in [0.717, 1.165) is 11.3 Å². The maximum atomic E-state index is 11.4. The Morgan fingerprint density at radius 3 is 3.00 bits per heavy atom. The summed E-state index contributed by atoms with van der Waals surface area (Å²) in [6, 6.07) is 7.74. The summed E-state index contributed by atoms with van der Waals surface area (Å²) < 4.78 is 4.89. The van der Waals surface area contributed by atoms with E-state index in [0.29, 0.717) is 18.7 Å². The predicted octanol–water partition coefficient (Wildman–Crippen LogP) is 1.88. The van der Waals surface area contributed by atoms with Crippen LogP contribution in [0.25, 0.3) is 0 Å². The van der Waals surface area contributed by atoms with Crippen molar-refractivity contribution < 1.29 is 9.53 Å². The van der Waals surface area contributed by atoms with E-state index in [-0.39, 0.29) is 5.97 Å². The maximum Gasteiger partial charge on any atom is 0.353 e. The van der Waals surface area contributed by atoms with Crippen LogP contribution in [0.15, 0.2) is 29.3 Å². The number of benzene rings is 1. The second-order valence-corrected chi connectivity index (χ2v) is 3.08. The number of hydrogen-bond acceptors (Lipinski definition) is 3. The third-order valence-electron chi connectivity index (χ3n) is 2.12. The minimum Gasteiger partial charge on any atom is -0.461 e. The number of esters is 1. The number of carbonyl (C=O) groups is 1. The molecule has 0 radical (unpaired) electrons. The average Bonchev–Trinajstić information content (AvgIpc) is 2.61. The lowest BCUT2D eigenvalue weighted by Crippen LogP contribution is -2.17. The van der Waals surface area contributed by atoms with Crippen molar-refractivity contribution in [2.45, 2.75) is 13.3 Å². The van der Waals surface area contributed by atoms with Crippen LogP contribution >= 0.6 is 0 Å². The van der Waals surface area contributed by atoms with E-state index in [4.69, 9.17) is 4.74 Å². The van der Waals surface area contributed by atoms with Gasteiger partial charge in [-0.25, -0.2) is 9.79 Å². The molecule has 2 rings (SSSR count). The summed E-state index contributed by atoms with van der Waals surface area (Å²) in [6.07, 6.45) is 0.592. The van der Waals surface area contributed by atoms with Crippen molar-refractivity contribution in [1.82, 2.24) is 0 Å². The van der Waals surface area contributed by atoms with Gasteiger partial charge in [0, 0.05) is 6.42 Å². The van der Waals surface area contributed by atoms with Gasteiger partial charge in [-0.1, -0.05) is 18.2 Å². The van der Waals surface area contributed by atoms with E-state index in [9.17, 15) is 4.79 Å². The van der Waals surface area contributed by atoms with Crippen molar-refractivity contribution in [3.05, 3.63) is 29.8 Å². The van der Waals surface area contributed by atoms with Gasteiger partial charge in [-0.2, -0.15) is 0 Å². The lowest BCUT2D eigenvalue weighted by Gasteiger charge is -1.98. The average molecular weight is 189 g/mol. The molecule has 0 spiro atoms. The molecular formula is C11H11NO2. The molecule has 3 heteroatoms. The number of para-hydroxylation sites is 1. The van der Waals surface area contributed by atoms with Crippen LogP contribution in [0.3, 0.4) is 0 Å². The molecule has 1 aromatic rings. The number of nitrogens with zero attached hydrogens (tertiary/aromatic N) is 1. The van der Waals surface area contributed by atoms with Gasteiger partial charge >= 0.3 is 5.97 Å². The van der Waals surface area contributed by atoms with Crippen molar-refractivity contribution in [3.63, 3.8) is 0 Å². The molecule has 1 aliphatic rings. The van der Waals surface area contributed by atoms with E-state index in [1.165, 1.54) is 0 Å². The Bertz CT molecular complexity index is 396. The maximum absolute atomic E-state index is 11.4. The number of hydrogen-bond donors (Lipinski definition) is 0. The van der Waals surface area contributed by atoms with Crippen LogP contribution in [0.2, 0.25) is 0 Å². The van der Waals surface area contributed by atoms with Crippen molar-refractivity contribution in [1.29, 1.82) is 0 Å². The number of rotatable bonds is 2. The summed E-state index contributed by atoms with van der Waals surface area (Å²) in [6.45, 7) is 2.19. The first kappa shape index (κ1) is 8.94. The molecule has 0 bridgehead atoms. The molecule has 1 aromatic carbocycles. The number of fused-ring (bicyclic) bond motifs is 1. The van der Waals surface area contributed by atoms with Crippen LogP contribution in [-0.2, 0) is 16.0 Å². The first-order valence-corrected chi connectivity index (χ1v) is 4.64. The second kappa shape index (κ2) is 3.62. The topological polar surface area (TPSA) is 38.7 Å². The van der Waals surface area contributed by atoms with Crippen molar-refractivity contribution in [2.24, 2.45) is 4.99 Å². The van der Waals surface area contributed by atoms with Crippen LogP contribution in [0, 0.1) is 0 Å². The molecule has 0 fully saturated rings. The Morgan fingerprint density at radius 2 is 2.29 bits per heavy atom. The largest absolute Gasteiger partial charge is 0.461 e. The lowest BCUT2D eigenvalue weighted by atomic mass is 10.1. The highest BCUT2D eigenvalue weighted by Gasteiger charge is 2.20. The standard InChI is InChI=1S/C11H11NO2/c1-2-14-11(13)10-7-8-5-3-4-6-9(8)12-10/h3-6H,2,7H2,1H3. The molecule has 1 aliphatic heterocycles. The Morgan fingerprint density at radius 1 is 1.50 bits per heavy atom. The van der Waals surface area contributed by atoms with Crippen molar-refractivity contribution >= 4 is 17.4 Å². The van der Waals surface area contributed by atoms with Gasteiger partial charge in [0.05, 0.1) is 12.3 Å². The van der Waals surface area contributed by atoms with Gasteiger partial charge in [-0.15, -0.1) is 0 Å². The third-order valence-corrected chi connectivity index (χ3v) is 2.12. The second-order valence-electron chi connectivity index (χ2n) is 3.08. The summed E-state index contributed by atoms with van der Waals surface area (Å²) in [5, 5.41) is 0. The van der Waals surface area contributed by atoms with Crippen LogP contribution in [0.1, 0.15) is 12.5 Å². The molecule has 0 saturated heterocycles. The molecule has 14 heavy (non-hydrogen) atoms. The van der Waals surface area contributed by atoms with Crippen molar-refractivity contribution in [3.8, 4) is 0 Å². The zero-order valence-corrected chi connectivity index (χ0v) is 7.99. The van der Waals surface area contributed by atoms with Crippen molar-refractivity contribution in [2.75, 3.05) is 6.61 Å². The van der Waals surface area contributed by atoms with Gasteiger partial charge in [-0.3, -0.25) is 0 Å². The first-order valence-electron chi connectivity index (χ1n) is 4.64. The minimum absolute atomic E-state index is 0.302. The predicted molar refractivity (Wildman–Crippen MR) is 53.9 cm³/mol. The SMILES string of the molecule is CCOC(=O)C1=Nc2ccccc2C1. The van der Waals surface area contributed by atoms with Gasteiger partial charge in [0.15, 0.2) is 0 Å². The molecule has 1 heterocycles. The lowest BCUT2D eigenvalue weighted by molar-refractivity contribution is -0.135. The van der Waals surface area contributed by atoms with Gasteiger partial charge in [-0.05, 0) is 18.6 Å². The highest BCUT2D eigenvalue weighted by molar-refractivity contribution is 6.38. The molecule has 72 valence electrons. The molecule has 0 amide bonds. The van der Waals surface area contributed by atoms with Gasteiger partial charge in [0.1, 0.15) is 5.71 Å². The number of ether oxygens (including phenoxy) is 1. The Labute approximate surface area is 82.4 Å². The van der Waals surface area contributed by atoms with Crippen LogP contribution in [-0.4, -0.2) is 18.3 Å². The third kappa shape index (κ3) is 1.53. The molecular weight excluding hydrogens is 178 g/mol. The van der Waals surface area contributed by atoms with Gasteiger partial charge < -0.3 is 4.74 Å². The molecule has 0 N–H and O–H groups in total. The smallest absolute Gasteiger partial charge is 0.353 e. The summed E-state index contributed by atoms with van der Waals surface area (Å²) in [7, 11) is 0. The fraction of sp³-hybridized carbons (Fsp3) is 0.273. The number of carbonyl (C=O) groups excluding carboxylic acids is 1. The van der Waals surface area contributed by atoms with E-state index >= 15 is 0 Å². The monoisotopic (exact) mass is 189 g/mol. The van der Waals surface area contributed by atoms with Gasteiger partial charge in [0.25, 0.3) is 0 Å². The summed E-state index contributed by atoms with van der Waals surface area (Å²) >= 11 is 0. The Balaban J connectivity index is 2.19. The highest BCUT2D eigenvalue weighted by Crippen LogP contribution is 2.26. The quantitative estimate of drug-likeness (QED) is 0.666. The normalized spacial score (nSPS) is 13.4. The Kier molecular flexibility index (Phi) is 2.31. The zero-order chi connectivity index (χ0) is 9.97. The zero-order valence-electron chi connectivity index (χ0n) is 7.99. The summed E-state index contributed by atoms with van der Waals surface area (Å²) in [4.78, 5) is 15.6. The van der Waals surface area contributed by atoms with E-state index in [1.54, 1.807) is 6.92 Å². The van der Waals surface area contributed by atoms with Crippen LogP contribution < -0.4 is 0 Å². The fourth-order valence-electron chi connectivity index (χ4n) is 1.47. The molecule has 0 unspecified atom stereocenters. The first-order chi connectivity index (χ1) is 6.81. The van der Waals surface area contributed by atoms with E-state index in [1.807, 2.05) is 24.3 Å². The highest BCUT2D eigenvalue weighted by atomic mass is 16.5. The molecule has 0 aliphatic carbocycles. The van der Waals surface area contributed by atoms with Crippen LogP contribution in [0.4, 0.5) is 5.69 Å². The minimum atomic E-state index is -0.302. The summed E-state index contributed by atoms with van der Waals surface area (Å²) in [5.74, 6) is -0.302. The molecule has 0 saturated carbocycles. The van der Waals surface area contributed by atoms with Crippen LogP contribution in [0.5, 0.6) is 0 Å². The number of aliphatic imine (C=N–C) groups is 1. The Hall–Kier alpha value is -1.64. The van der Waals surface area contributed by atoms with E-state index < -0.39 is 0 Å².